The van der Waals surface area contributed by atoms with E-state index in [1.165, 1.54) is 12.8 Å². The largest absolute Gasteiger partial charge is 0.251 e. The lowest BCUT2D eigenvalue weighted by atomic mass is 10.0. The third kappa shape index (κ3) is 4.50. The molecule has 0 spiro atoms. The predicted octanol–water partition coefficient (Wildman–Crippen LogP) is 7.60. The molecular weight excluding hydrogens is 561 g/mol. The van der Waals surface area contributed by atoms with Gasteiger partial charge in [0.05, 0.1) is 21.9 Å². The zero-order valence-electron chi connectivity index (χ0n) is 14.1. The van der Waals surface area contributed by atoms with E-state index in [0.29, 0.717) is 11.6 Å². The quantitative estimate of drug-likeness (QED) is 0.222. The van der Waals surface area contributed by atoms with Crippen LogP contribution in [0.25, 0.3) is 22.2 Å². The van der Waals surface area contributed by atoms with Crippen LogP contribution in [0, 0.1) is 0 Å². The van der Waals surface area contributed by atoms with Crippen LogP contribution < -0.4 is 0 Å². The van der Waals surface area contributed by atoms with Gasteiger partial charge < -0.3 is 0 Å². The Morgan fingerprint density at radius 3 is 2.72 bits per heavy atom. The molecule has 1 atom stereocenters. The van der Waals surface area contributed by atoms with Gasteiger partial charge in [-0.25, -0.2) is 14.4 Å². The number of nitrogens with zero attached hydrogens (tertiary/aromatic N) is 2. The fourth-order valence-corrected chi connectivity index (χ4v) is 4.27. The number of para-hydroxylation sites is 1. The van der Waals surface area contributed by atoms with Gasteiger partial charge in [0.2, 0.25) is 0 Å². The highest BCUT2D eigenvalue weighted by molar-refractivity contribution is 14.2. The monoisotopic (exact) mass is 580 g/mol. The number of aromatic nitrogens is 2. The lowest BCUT2D eigenvalue weighted by Crippen LogP contribution is -2.04. The van der Waals surface area contributed by atoms with Gasteiger partial charge >= 0.3 is 0 Å². The van der Waals surface area contributed by atoms with E-state index in [-0.39, 0.29) is 0 Å². The molecule has 1 aromatic carbocycles. The van der Waals surface area contributed by atoms with E-state index in [2.05, 4.69) is 24.2 Å². The van der Waals surface area contributed by atoms with Crippen molar-refractivity contribution >= 4 is 67.4 Å². The zero-order valence-corrected chi connectivity index (χ0v) is 19.2. The molecule has 3 rings (SSSR count). The van der Waals surface area contributed by atoms with Crippen LogP contribution in [0.2, 0.25) is 0 Å². The topological polar surface area (TPSA) is 25.8 Å². The van der Waals surface area contributed by atoms with Gasteiger partial charge in [0.15, 0.2) is 0 Å². The average Bonchev–Trinajstić information content (AvgIpc) is 3.08. The van der Waals surface area contributed by atoms with Crippen LogP contribution >= 0.6 is 56.5 Å². The van der Waals surface area contributed by atoms with Gasteiger partial charge in [-0.1, -0.05) is 44.9 Å². The lowest BCUT2D eigenvalue weighted by Gasteiger charge is -2.13. The lowest BCUT2D eigenvalue weighted by molar-refractivity contribution is 0.461. The van der Waals surface area contributed by atoms with Crippen LogP contribution in [0.5, 0.6) is 0 Å². The molecular formula is C19H19FI2N2S. The molecule has 25 heavy (non-hydrogen) atoms. The number of unbranched alkanes of at least 4 members (excludes halogenated alkanes) is 1. The highest BCUT2D eigenvalue weighted by Gasteiger charge is 2.27. The van der Waals surface area contributed by atoms with Gasteiger partial charge in [-0.15, -0.1) is 11.3 Å². The maximum absolute atomic E-state index is 14.5. The van der Waals surface area contributed by atoms with Gasteiger partial charge in [-0.05, 0) is 63.7 Å². The summed E-state index contributed by atoms with van der Waals surface area (Å²) >= 11 is 5.26. The molecule has 0 bridgehead atoms. The van der Waals surface area contributed by atoms with Crippen LogP contribution in [-0.2, 0) is 1.68 Å². The summed E-state index contributed by atoms with van der Waals surface area (Å²) in [6.45, 7) is 4.44. The molecule has 0 saturated carbocycles. The molecule has 6 heteroatoms. The minimum Gasteiger partial charge on any atom is -0.248 e. The number of rotatable bonds is 6. The van der Waals surface area contributed by atoms with Crippen LogP contribution in [0.1, 0.15) is 49.7 Å². The third-order valence-corrected chi connectivity index (χ3v) is 6.40. The van der Waals surface area contributed by atoms with Crippen LogP contribution in [-0.4, -0.2) is 9.97 Å². The van der Waals surface area contributed by atoms with E-state index in [0.717, 1.165) is 33.6 Å². The second-order valence-electron chi connectivity index (χ2n) is 6.18. The van der Waals surface area contributed by atoms with Crippen molar-refractivity contribution in [2.45, 2.75) is 40.7 Å². The number of pyridine rings is 1. The fourth-order valence-electron chi connectivity index (χ4n) is 2.80. The van der Waals surface area contributed by atoms with E-state index in [1.54, 1.807) is 56.5 Å². The minimum atomic E-state index is -1.54. The van der Waals surface area contributed by atoms with Crippen LogP contribution in [0.15, 0.2) is 35.7 Å². The SMILES string of the molecule is CCCC[C@H](C)c1nc(-c2cc(C(F)(I)I)nc3ccccc23)cs1. The number of alkyl halides is 3. The van der Waals surface area contributed by atoms with Crippen molar-refractivity contribution < 1.29 is 4.39 Å². The van der Waals surface area contributed by atoms with Crippen molar-refractivity contribution in [1.29, 1.82) is 0 Å². The van der Waals surface area contributed by atoms with Crippen molar-refractivity contribution in [3.63, 3.8) is 0 Å². The summed E-state index contributed by atoms with van der Waals surface area (Å²) < 4.78 is 13.0. The number of hydrogen-bond donors (Lipinski definition) is 0. The number of fused-ring (bicyclic) bond motifs is 1. The Hall–Kier alpha value is -0.350. The molecule has 0 unspecified atom stereocenters. The molecule has 0 amide bonds. The Kier molecular flexibility index (Phi) is 6.31. The highest BCUT2D eigenvalue weighted by Crippen LogP contribution is 2.42. The fraction of sp³-hybridized carbons (Fsp3) is 0.368. The van der Waals surface area contributed by atoms with E-state index in [9.17, 15) is 4.39 Å². The maximum Gasteiger partial charge on any atom is 0.251 e. The summed E-state index contributed by atoms with van der Waals surface area (Å²) in [4.78, 5) is 9.37. The van der Waals surface area contributed by atoms with Crippen molar-refractivity contribution in [3.8, 4) is 11.3 Å². The van der Waals surface area contributed by atoms with Crippen LogP contribution in [0.4, 0.5) is 4.39 Å². The van der Waals surface area contributed by atoms with Gasteiger partial charge in [-0.2, -0.15) is 0 Å². The van der Waals surface area contributed by atoms with Crippen molar-refractivity contribution in [2.24, 2.45) is 0 Å². The first-order valence-electron chi connectivity index (χ1n) is 8.33. The summed E-state index contributed by atoms with van der Waals surface area (Å²) in [6, 6.07) is 9.72. The van der Waals surface area contributed by atoms with E-state index in [4.69, 9.17) is 4.98 Å². The molecule has 0 saturated heterocycles. The molecule has 0 aliphatic heterocycles. The first kappa shape index (κ1) is 19.4. The third-order valence-electron chi connectivity index (χ3n) is 4.22. The molecule has 2 heterocycles. The van der Waals surface area contributed by atoms with E-state index in [1.807, 2.05) is 30.3 Å². The zero-order chi connectivity index (χ0) is 18.0. The molecule has 0 N–H and O–H groups in total. The van der Waals surface area contributed by atoms with Crippen LogP contribution in [0.3, 0.4) is 0 Å². The van der Waals surface area contributed by atoms with Gasteiger partial charge in [0, 0.05) is 22.2 Å². The van der Waals surface area contributed by atoms with Crippen molar-refractivity contribution in [3.05, 3.63) is 46.4 Å². The molecule has 2 nitrogen and oxygen atoms in total. The second kappa shape index (κ2) is 8.12. The molecule has 132 valence electrons. The number of halogens is 3. The molecule has 3 aromatic rings. The first-order chi connectivity index (χ1) is 11.9. The molecule has 0 fully saturated rings. The number of hydrogen-bond acceptors (Lipinski definition) is 3. The summed E-state index contributed by atoms with van der Waals surface area (Å²) in [7, 11) is 0. The van der Waals surface area contributed by atoms with E-state index >= 15 is 0 Å². The molecule has 0 radical (unpaired) electrons. The Morgan fingerprint density at radius 2 is 2.00 bits per heavy atom. The van der Waals surface area contributed by atoms with Gasteiger partial charge in [0.25, 0.3) is 1.68 Å². The predicted molar refractivity (Wildman–Crippen MR) is 122 cm³/mol. The first-order valence-corrected chi connectivity index (χ1v) is 11.4. The normalized spacial score (nSPS) is 13.3. The Labute approximate surface area is 178 Å². The van der Waals surface area contributed by atoms with Crippen molar-refractivity contribution in [2.75, 3.05) is 0 Å². The standard InChI is InChI=1S/C19H19FI2N2S/c1-3-4-7-12(2)18-24-16(11-25-18)14-10-17(19(20,21)22)23-15-9-6-5-8-13(14)15/h5-6,8-12H,3-4,7H2,1-2H3/t12-/m0/s1. The second-order valence-corrected chi connectivity index (χ2v) is 12.1. The molecule has 0 aliphatic carbocycles. The highest BCUT2D eigenvalue weighted by atomic mass is 127. The average molecular weight is 580 g/mol. The summed E-state index contributed by atoms with van der Waals surface area (Å²) in [6.07, 6.45) is 3.57. The molecule has 2 aromatic heterocycles. The number of benzene rings is 1. The van der Waals surface area contributed by atoms with E-state index < -0.39 is 1.68 Å². The number of thiazole rings is 1. The molecule has 0 aliphatic rings. The summed E-state index contributed by atoms with van der Waals surface area (Å²) in [5.41, 5.74) is 3.11. The van der Waals surface area contributed by atoms with Gasteiger partial charge in [0.1, 0.15) is 0 Å². The Bertz CT molecular complexity index is 873. The Balaban J connectivity index is 2.07. The van der Waals surface area contributed by atoms with Gasteiger partial charge in [-0.3, -0.25) is 0 Å². The smallest absolute Gasteiger partial charge is 0.248 e. The maximum atomic E-state index is 14.5. The minimum absolute atomic E-state index is 0.427. The Morgan fingerprint density at radius 1 is 1.24 bits per heavy atom. The summed E-state index contributed by atoms with van der Waals surface area (Å²) in [5.74, 6) is 0.459. The van der Waals surface area contributed by atoms with Crippen molar-refractivity contribution in [1.82, 2.24) is 9.97 Å². The summed E-state index contributed by atoms with van der Waals surface area (Å²) in [5, 5.41) is 4.26.